The third kappa shape index (κ3) is 4.33. The van der Waals surface area contributed by atoms with E-state index < -0.39 is 0 Å². The molecule has 0 aliphatic carbocycles. The highest BCUT2D eigenvalue weighted by Crippen LogP contribution is 2.14. The fraction of sp³-hybridized carbons (Fsp3) is 0.235. The van der Waals surface area contributed by atoms with Gasteiger partial charge in [-0.3, -0.25) is 4.79 Å². The Morgan fingerprint density at radius 3 is 2.52 bits per heavy atom. The molecule has 0 N–H and O–H groups in total. The van der Waals surface area contributed by atoms with Gasteiger partial charge in [-0.05, 0) is 42.3 Å². The van der Waals surface area contributed by atoms with Gasteiger partial charge in [0.2, 0.25) is 0 Å². The summed E-state index contributed by atoms with van der Waals surface area (Å²) in [4.78, 5) is 14.0. The maximum atomic E-state index is 12.3. The highest BCUT2D eigenvalue weighted by molar-refractivity contribution is 9.10. The lowest BCUT2D eigenvalue weighted by Crippen LogP contribution is -2.28. The summed E-state index contributed by atoms with van der Waals surface area (Å²) in [6.07, 6.45) is 0.820. The number of amides is 1. The van der Waals surface area contributed by atoms with Crippen LogP contribution < -0.4 is 4.74 Å². The van der Waals surface area contributed by atoms with Crippen LogP contribution in [0.25, 0.3) is 0 Å². The number of carbonyl (C=O) groups excluding carboxylic acids is 1. The number of hydrogen-bond acceptors (Lipinski definition) is 2. The molecule has 3 nitrogen and oxygen atoms in total. The Bertz CT molecular complexity index is 610. The van der Waals surface area contributed by atoms with Crippen molar-refractivity contribution < 1.29 is 9.53 Å². The molecule has 0 bridgehead atoms. The van der Waals surface area contributed by atoms with E-state index in [-0.39, 0.29) is 5.91 Å². The second kappa shape index (κ2) is 7.27. The van der Waals surface area contributed by atoms with Crippen LogP contribution in [0.2, 0.25) is 0 Å². The lowest BCUT2D eigenvalue weighted by molar-refractivity contribution is 0.0796. The van der Waals surface area contributed by atoms with E-state index >= 15 is 0 Å². The molecule has 21 heavy (non-hydrogen) atoms. The number of rotatable bonds is 5. The normalized spacial score (nSPS) is 10.2. The molecule has 0 heterocycles. The highest BCUT2D eigenvalue weighted by Gasteiger charge is 2.11. The number of likely N-dealkylation sites (N-methyl/N-ethyl adjacent to an activating group) is 1. The third-order valence-corrected chi connectivity index (χ3v) is 3.81. The van der Waals surface area contributed by atoms with Crippen molar-refractivity contribution in [2.24, 2.45) is 0 Å². The summed E-state index contributed by atoms with van der Waals surface area (Å²) in [6.45, 7) is 0.678. The minimum Gasteiger partial charge on any atom is -0.497 e. The summed E-state index contributed by atoms with van der Waals surface area (Å²) in [5.41, 5.74) is 1.88. The average Bonchev–Trinajstić information content (AvgIpc) is 2.52. The Kier molecular flexibility index (Phi) is 5.39. The molecular weight excluding hydrogens is 330 g/mol. The van der Waals surface area contributed by atoms with Crippen molar-refractivity contribution in [3.8, 4) is 5.75 Å². The van der Waals surface area contributed by atoms with Crippen molar-refractivity contribution >= 4 is 21.8 Å². The molecule has 0 unspecified atom stereocenters. The summed E-state index contributed by atoms with van der Waals surface area (Å²) in [5, 5.41) is 0. The maximum absolute atomic E-state index is 12.3. The summed E-state index contributed by atoms with van der Waals surface area (Å²) in [7, 11) is 3.48. The van der Waals surface area contributed by atoms with Gasteiger partial charge in [0.1, 0.15) is 5.75 Å². The van der Waals surface area contributed by atoms with Gasteiger partial charge in [0.15, 0.2) is 0 Å². The Morgan fingerprint density at radius 1 is 1.19 bits per heavy atom. The van der Waals surface area contributed by atoms with Crippen LogP contribution in [0.3, 0.4) is 0 Å². The van der Waals surface area contributed by atoms with E-state index in [1.165, 1.54) is 5.56 Å². The number of ether oxygens (including phenoxy) is 1. The average molecular weight is 348 g/mol. The molecule has 2 aromatic carbocycles. The fourth-order valence-electron chi connectivity index (χ4n) is 2.03. The van der Waals surface area contributed by atoms with Gasteiger partial charge in [0.25, 0.3) is 5.91 Å². The van der Waals surface area contributed by atoms with Gasteiger partial charge in [-0.25, -0.2) is 0 Å². The standard InChI is InChI=1S/C17H18BrNO2/c1-19(17(20)14-4-3-5-15(18)12-14)11-10-13-6-8-16(21-2)9-7-13/h3-9,12H,10-11H2,1-2H3. The number of methoxy groups -OCH3 is 1. The molecule has 4 heteroatoms. The Labute approximate surface area is 133 Å². The summed E-state index contributed by atoms with van der Waals surface area (Å²) >= 11 is 3.39. The van der Waals surface area contributed by atoms with Crippen molar-refractivity contribution in [1.82, 2.24) is 4.90 Å². The number of benzene rings is 2. The molecule has 0 radical (unpaired) electrons. The van der Waals surface area contributed by atoms with Crippen LogP contribution in [0.4, 0.5) is 0 Å². The number of nitrogens with zero attached hydrogens (tertiary/aromatic N) is 1. The minimum absolute atomic E-state index is 0.0322. The van der Waals surface area contributed by atoms with E-state index in [2.05, 4.69) is 15.9 Å². The summed E-state index contributed by atoms with van der Waals surface area (Å²) in [5.74, 6) is 0.877. The van der Waals surface area contributed by atoms with Crippen molar-refractivity contribution in [3.63, 3.8) is 0 Å². The molecule has 0 spiro atoms. The van der Waals surface area contributed by atoms with Gasteiger partial charge in [0, 0.05) is 23.6 Å². The Hall–Kier alpha value is -1.81. The zero-order chi connectivity index (χ0) is 15.2. The van der Waals surface area contributed by atoms with Crippen LogP contribution >= 0.6 is 15.9 Å². The molecule has 0 saturated heterocycles. The van der Waals surface area contributed by atoms with Crippen LogP contribution in [0, 0.1) is 0 Å². The molecule has 0 atom stereocenters. The van der Waals surface area contributed by atoms with Crippen molar-refractivity contribution in [2.45, 2.75) is 6.42 Å². The van der Waals surface area contributed by atoms with E-state index in [9.17, 15) is 4.79 Å². The van der Waals surface area contributed by atoms with Crippen molar-refractivity contribution in [2.75, 3.05) is 20.7 Å². The first-order valence-corrected chi connectivity index (χ1v) is 7.53. The van der Waals surface area contributed by atoms with Gasteiger partial charge in [0.05, 0.1) is 7.11 Å². The number of carbonyl (C=O) groups is 1. The topological polar surface area (TPSA) is 29.5 Å². The predicted molar refractivity (Wildman–Crippen MR) is 87.8 cm³/mol. The lowest BCUT2D eigenvalue weighted by atomic mass is 10.1. The quantitative estimate of drug-likeness (QED) is 0.823. The molecule has 110 valence electrons. The lowest BCUT2D eigenvalue weighted by Gasteiger charge is -2.17. The molecule has 2 aromatic rings. The van der Waals surface area contributed by atoms with Gasteiger partial charge >= 0.3 is 0 Å². The first-order chi connectivity index (χ1) is 10.1. The number of hydrogen-bond donors (Lipinski definition) is 0. The molecule has 0 aliphatic rings. The summed E-state index contributed by atoms with van der Waals surface area (Å²) in [6, 6.07) is 15.4. The third-order valence-electron chi connectivity index (χ3n) is 3.31. The van der Waals surface area contributed by atoms with Gasteiger partial charge in [-0.1, -0.05) is 34.1 Å². The number of halogens is 1. The van der Waals surface area contributed by atoms with Gasteiger partial charge < -0.3 is 9.64 Å². The largest absolute Gasteiger partial charge is 0.497 e. The summed E-state index contributed by atoms with van der Waals surface area (Å²) < 4.78 is 6.05. The van der Waals surface area contributed by atoms with Crippen molar-refractivity contribution in [3.05, 3.63) is 64.1 Å². The SMILES string of the molecule is COc1ccc(CCN(C)C(=O)c2cccc(Br)c2)cc1. The second-order valence-corrected chi connectivity index (χ2v) is 5.75. The van der Waals surface area contributed by atoms with Gasteiger partial charge in [-0.2, -0.15) is 0 Å². The molecule has 0 fully saturated rings. The first kappa shape index (κ1) is 15.6. The second-order valence-electron chi connectivity index (χ2n) is 4.84. The van der Waals surface area contributed by atoms with Crippen LogP contribution in [-0.4, -0.2) is 31.5 Å². The fourth-order valence-corrected chi connectivity index (χ4v) is 2.43. The van der Waals surface area contributed by atoms with E-state index in [0.29, 0.717) is 12.1 Å². The predicted octanol–water partition coefficient (Wildman–Crippen LogP) is 3.77. The zero-order valence-corrected chi connectivity index (χ0v) is 13.8. The molecule has 0 aliphatic heterocycles. The minimum atomic E-state index is 0.0322. The van der Waals surface area contributed by atoms with E-state index in [1.807, 2.05) is 55.6 Å². The van der Waals surface area contributed by atoms with Crippen LogP contribution in [-0.2, 0) is 6.42 Å². The smallest absolute Gasteiger partial charge is 0.253 e. The zero-order valence-electron chi connectivity index (χ0n) is 12.2. The van der Waals surface area contributed by atoms with Gasteiger partial charge in [-0.15, -0.1) is 0 Å². The molecule has 0 saturated carbocycles. The monoisotopic (exact) mass is 347 g/mol. The van der Waals surface area contributed by atoms with E-state index in [4.69, 9.17) is 4.74 Å². The first-order valence-electron chi connectivity index (χ1n) is 6.74. The molecule has 2 rings (SSSR count). The Balaban J connectivity index is 1.94. The van der Waals surface area contributed by atoms with Crippen LogP contribution in [0.5, 0.6) is 5.75 Å². The van der Waals surface area contributed by atoms with Crippen molar-refractivity contribution in [1.29, 1.82) is 0 Å². The maximum Gasteiger partial charge on any atom is 0.253 e. The van der Waals surface area contributed by atoms with Crippen LogP contribution in [0.1, 0.15) is 15.9 Å². The highest BCUT2D eigenvalue weighted by atomic mass is 79.9. The molecule has 1 amide bonds. The van der Waals surface area contributed by atoms with Crippen LogP contribution in [0.15, 0.2) is 53.0 Å². The molecular formula is C17H18BrNO2. The van der Waals surface area contributed by atoms with E-state index in [1.54, 1.807) is 12.0 Å². The Morgan fingerprint density at radius 2 is 1.90 bits per heavy atom. The molecule has 0 aromatic heterocycles. The van der Waals surface area contributed by atoms with E-state index in [0.717, 1.165) is 16.6 Å².